The number of pyridine rings is 1. The molecule has 2 rings (SSSR count). The number of hydrogen-bond donors (Lipinski definition) is 3. The van der Waals surface area contributed by atoms with Gasteiger partial charge in [0.2, 0.25) is 18.2 Å². The minimum atomic E-state index is -0.536. The van der Waals surface area contributed by atoms with Gasteiger partial charge in [0.1, 0.15) is 6.61 Å². The van der Waals surface area contributed by atoms with Crippen molar-refractivity contribution in [1.29, 1.82) is 0 Å². The molecule has 1 aromatic heterocycles. The Labute approximate surface area is 128 Å². The minimum absolute atomic E-state index is 0.292. The molecule has 0 aliphatic carbocycles. The van der Waals surface area contributed by atoms with Crippen LogP contribution >= 0.6 is 0 Å². The molecule has 6 nitrogen and oxygen atoms in total. The van der Waals surface area contributed by atoms with E-state index in [1.807, 2.05) is 32.2 Å². The van der Waals surface area contributed by atoms with Crippen molar-refractivity contribution in [2.75, 3.05) is 12.4 Å². The molecular weight excluding hydrogens is 287 g/mol. The Kier molecular flexibility index (Phi) is 7.35. The summed E-state index contributed by atoms with van der Waals surface area (Å²) in [6.07, 6.45) is 0.403. The number of halogens is 1. The van der Waals surface area contributed by atoms with E-state index in [1.54, 1.807) is 17.6 Å². The highest BCUT2D eigenvalue weighted by molar-refractivity contribution is 5.53. The number of anilines is 1. The third-order valence-electron chi connectivity index (χ3n) is 2.80. The first kappa shape index (κ1) is 17.4. The number of aromatic nitrogens is 1. The van der Waals surface area contributed by atoms with Crippen molar-refractivity contribution < 1.29 is 13.9 Å². The van der Waals surface area contributed by atoms with E-state index < -0.39 is 5.95 Å². The Bertz CT molecular complexity index is 608. The van der Waals surface area contributed by atoms with Gasteiger partial charge >= 0.3 is 0 Å². The zero-order chi connectivity index (χ0) is 16.4. The standard InChI is InChI=1S/C14H15FN2O.CH4N2O/c1-10-5-3-6-12(16-2)11(10)9-18-14-8-4-7-13(15)17-14;2-3-1-4/h3-8,16H,9H2,1-2H3;1H,2H2,(H,3,4). The van der Waals surface area contributed by atoms with Gasteiger partial charge in [0.25, 0.3) is 0 Å². The fraction of sp³-hybridized carbons (Fsp3) is 0.200. The molecule has 0 aliphatic heterocycles. The van der Waals surface area contributed by atoms with Gasteiger partial charge in [-0.05, 0) is 24.6 Å². The Balaban J connectivity index is 0.000000541. The number of rotatable bonds is 5. The molecule has 0 atom stereocenters. The first-order chi connectivity index (χ1) is 10.6. The lowest BCUT2D eigenvalue weighted by Gasteiger charge is -2.12. The van der Waals surface area contributed by atoms with Crippen LogP contribution in [0.25, 0.3) is 0 Å². The number of aryl methyl sites for hydroxylation is 1. The predicted molar refractivity (Wildman–Crippen MR) is 82.6 cm³/mol. The minimum Gasteiger partial charge on any atom is -0.473 e. The van der Waals surface area contributed by atoms with Crippen LogP contribution in [-0.4, -0.2) is 18.4 Å². The van der Waals surface area contributed by atoms with Crippen molar-refractivity contribution >= 4 is 12.1 Å². The van der Waals surface area contributed by atoms with Gasteiger partial charge in [-0.1, -0.05) is 18.2 Å². The molecule has 1 amide bonds. The highest BCUT2D eigenvalue weighted by Crippen LogP contribution is 2.21. The number of hydrazine groups is 1. The fourth-order valence-electron chi connectivity index (χ4n) is 1.74. The van der Waals surface area contributed by atoms with E-state index in [-0.39, 0.29) is 0 Å². The Hall–Kier alpha value is -2.67. The third kappa shape index (κ3) is 5.37. The molecule has 2 aromatic rings. The zero-order valence-electron chi connectivity index (χ0n) is 12.5. The Morgan fingerprint density at radius 1 is 1.32 bits per heavy atom. The van der Waals surface area contributed by atoms with E-state index >= 15 is 0 Å². The topological polar surface area (TPSA) is 89.3 Å². The summed E-state index contributed by atoms with van der Waals surface area (Å²) in [6, 6.07) is 10.5. The van der Waals surface area contributed by atoms with Crippen LogP contribution in [0.15, 0.2) is 36.4 Å². The molecule has 0 fully saturated rings. The van der Waals surface area contributed by atoms with Crippen LogP contribution < -0.4 is 21.3 Å². The molecule has 1 heterocycles. The number of amides is 1. The molecule has 22 heavy (non-hydrogen) atoms. The lowest BCUT2D eigenvalue weighted by atomic mass is 10.1. The lowest BCUT2D eigenvalue weighted by molar-refractivity contribution is -0.109. The zero-order valence-corrected chi connectivity index (χ0v) is 12.5. The maximum Gasteiger partial charge on any atom is 0.221 e. The second-order valence-electron chi connectivity index (χ2n) is 4.22. The van der Waals surface area contributed by atoms with Crippen molar-refractivity contribution in [3.8, 4) is 5.88 Å². The largest absolute Gasteiger partial charge is 0.473 e. The molecule has 0 bridgehead atoms. The fourth-order valence-corrected chi connectivity index (χ4v) is 1.74. The molecular formula is C15H19FN4O2. The van der Waals surface area contributed by atoms with E-state index in [4.69, 9.17) is 9.53 Å². The first-order valence-corrected chi connectivity index (χ1v) is 6.53. The number of ether oxygens (including phenoxy) is 1. The van der Waals surface area contributed by atoms with Gasteiger partial charge in [0.15, 0.2) is 0 Å². The highest BCUT2D eigenvalue weighted by atomic mass is 19.1. The van der Waals surface area contributed by atoms with Gasteiger partial charge in [-0.2, -0.15) is 9.37 Å². The van der Waals surface area contributed by atoms with Gasteiger partial charge in [-0.15, -0.1) is 0 Å². The number of nitrogens with two attached hydrogens (primary N) is 1. The van der Waals surface area contributed by atoms with Crippen molar-refractivity contribution in [1.82, 2.24) is 10.4 Å². The summed E-state index contributed by atoms with van der Waals surface area (Å²) in [4.78, 5) is 12.6. The highest BCUT2D eigenvalue weighted by Gasteiger charge is 2.06. The average Bonchev–Trinajstić information content (AvgIpc) is 2.53. The van der Waals surface area contributed by atoms with Crippen molar-refractivity contribution in [2.24, 2.45) is 5.84 Å². The van der Waals surface area contributed by atoms with Crippen LogP contribution in [-0.2, 0) is 11.4 Å². The number of nitrogens with one attached hydrogen (secondary N) is 2. The summed E-state index contributed by atoms with van der Waals surface area (Å²) in [5.41, 5.74) is 4.93. The number of benzene rings is 1. The molecule has 4 N–H and O–H groups in total. The number of carbonyl (C=O) groups is 1. The van der Waals surface area contributed by atoms with Crippen molar-refractivity contribution in [2.45, 2.75) is 13.5 Å². The summed E-state index contributed by atoms with van der Waals surface area (Å²) in [7, 11) is 1.86. The van der Waals surface area contributed by atoms with E-state index in [9.17, 15) is 4.39 Å². The maximum atomic E-state index is 12.9. The van der Waals surface area contributed by atoms with Gasteiger partial charge in [0, 0.05) is 24.4 Å². The lowest BCUT2D eigenvalue weighted by Crippen LogP contribution is -2.18. The number of hydrogen-bond acceptors (Lipinski definition) is 5. The second kappa shape index (κ2) is 9.30. The van der Waals surface area contributed by atoms with Crippen LogP contribution in [0.2, 0.25) is 0 Å². The monoisotopic (exact) mass is 306 g/mol. The van der Waals surface area contributed by atoms with E-state index in [1.165, 1.54) is 6.07 Å². The summed E-state index contributed by atoms with van der Waals surface area (Å²) >= 11 is 0. The number of nitrogens with zero attached hydrogens (tertiary/aromatic N) is 1. The van der Waals surface area contributed by atoms with Gasteiger partial charge < -0.3 is 10.1 Å². The quantitative estimate of drug-likeness (QED) is 0.257. The molecule has 0 saturated heterocycles. The van der Waals surface area contributed by atoms with Gasteiger partial charge in [-0.25, -0.2) is 5.84 Å². The third-order valence-corrected chi connectivity index (χ3v) is 2.80. The Morgan fingerprint density at radius 3 is 2.59 bits per heavy atom. The summed E-state index contributed by atoms with van der Waals surface area (Å²) < 4.78 is 18.4. The van der Waals surface area contributed by atoms with Gasteiger partial charge in [0.05, 0.1) is 0 Å². The first-order valence-electron chi connectivity index (χ1n) is 6.53. The van der Waals surface area contributed by atoms with E-state index in [2.05, 4.69) is 16.1 Å². The van der Waals surface area contributed by atoms with Crippen LogP contribution in [0.1, 0.15) is 11.1 Å². The smallest absolute Gasteiger partial charge is 0.221 e. The van der Waals surface area contributed by atoms with Crippen LogP contribution in [0.5, 0.6) is 5.88 Å². The molecule has 118 valence electrons. The van der Waals surface area contributed by atoms with Crippen LogP contribution in [0.4, 0.5) is 10.1 Å². The summed E-state index contributed by atoms with van der Waals surface area (Å²) in [5.74, 6) is 4.17. The molecule has 0 spiro atoms. The normalized spacial score (nSPS) is 9.27. The molecule has 1 aromatic carbocycles. The Morgan fingerprint density at radius 2 is 2.00 bits per heavy atom. The van der Waals surface area contributed by atoms with Crippen molar-refractivity contribution in [3.63, 3.8) is 0 Å². The number of carbonyl (C=O) groups excluding carboxylic acids is 1. The average molecular weight is 306 g/mol. The predicted octanol–water partition coefficient (Wildman–Crippen LogP) is 1.76. The molecule has 0 aliphatic rings. The maximum absolute atomic E-state index is 12.9. The van der Waals surface area contributed by atoms with Crippen LogP contribution in [0, 0.1) is 12.9 Å². The second-order valence-corrected chi connectivity index (χ2v) is 4.22. The SMILES string of the molecule is CNc1cccc(C)c1COc1cccc(F)n1.NNC=O. The molecule has 0 radical (unpaired) electrons. The van der Waals surface area contributed by atoms with Crippen molar-refractivity contribution in [3.05, 3.63) is 53.5 Å². The molecule has 7 heteroatoms. The van der Waals surface area contributed by atoms with Gasteiger partial charge in [-0.3, -0.25) is 10.2 Å². The van der Waals surface area contributed by atoms with Crippen LogP contribution in [0.3, 0.4) is 0 Å². The molecule has 0 unspecified atom stereocenters. The molecule has 0 saturated carbocycles. The van der Waals surface area contributed by atoms with E-state index in [0.717, 1.165) is 16.8 Å². The summed E-state index contributed by atoms with van der Waals surface area (Å²) in [6.45, 7) is 2.37. The summed E-state index contributed by atoms with van der Waals surface area (Å²) in [5, 5.41) is 3.11. The van der Waals surface area contributed by atoms with E-state index in [0.29, 0.717) is 18.9 Å².